The van der Waals surface area contributed by atoms with Crippen LogP contribution in [0, 0.1) is 0 Å². The lowest BCUT2D eigenvalue weighted by Gasteiger charge is -2.02. The van der Waals surface area contributed by atoms with E-state index >= 15 is 0 Å². The minimum atomic E-state index is -0.0257. The highest BCUT2D eigenvalue weighted by atomic mass is 16.5. The highest BCUT2D eigenvalue weighted by molar-refractivity contribution is 6.13. The second kappa shape index (κ2) is 7.05. The number of hydrogen-bond donors (Lipinski definition) is 2. The van der Waals surface area contributed by atoms with Crippen molar-refractivity contribution in [3.8, 4) is 5.75 Å². The molecule has 0 unspecified atom stereocenters. The average molecular weight is 362 g/mol. The largest absolute Gasteiger partial charge is 0.497 e. The van der Waals surface area contributed by atoms with Gasteiger partial charge in [0.15, 0.2) is 6.20 Å². The van der Waals surface area contributed by atoms with Crippen LogP contribution in [0.4, 0.5) is 11.5 Å². The van der Waals surface area contributed by atoms with E-state index in [-0.39, 0.29) is 6.61 Å². The lowest BCUT2D eigenvalue weighted by Crippen LogP contribution is -2.34. The SMILES string of the molecule is COc1ccc(C2=C/C(=N\c3cnn(CCO)c3N)c3cccc[n+]32)cc1. The first kappa shape index (κ1) is 17.0. The summed E-state index contributed by atoms with van der Waals surface area (Å²) in [5, 5.41) is 13.3. The van der Waals surface area contributed by atoms with Gasteiger partial charge in [-0.05, 0) is 30.3 Å². The monoisotopic (exact) mass is 362 g/mol. The van der Waals surface area contributed by atoms with E-state index in [0.29, 0.717) is 18.1 Å². The molecule has 0 radical (unpaired) electrons. The molecule has 27 heavy (non-hydrogen) atoms. The number of aliphatic hydroxyl groups excluding tert-OH is 1. The topological polar surface area (TPSA) is 89.5 Å². The molecule has 0 spiro atoms. The van der Waals surface area contributed by atoms with Crippen molar-refractivity contribution in [1.29, 1.82) is 0 Å². The van der Waals surface area contributed by atoms with Crippen LogP contribution in [0.25, 0.3) is 5.70 Å². The van der Waals surface area contributed by atoms with Gasteiger partial charge in [-0.15, -0.1) is 0 Å². The normalized spacial score (nSPS) is 14.3. The zero-order valence-corrected chi connectivity index (χ0v) is 14.9. The van der Waals surface area contributed by atoms with Gasteiger partial charge in [-0.25, -0.2) is 9.67 Å². The van der Waals surface area contributed by atoms with Gasteiger partial charge in [-0.1, -0.05) is 0 Å². The number of fused-ring (bicyclic) bond motifs is 1. The number of anilines is 1. The van der Waals surface area contributed by atoms with Crippen molar-refractivity contribution in [2.75, 3.05) is 19.5 Å². The Morgan fingerprint density at radius 1 is 1.22 bits per heavy atom. The molecule has 0 saturated heterocycles. The van der Waals surface area contributed by atoms with Crippen LogP contribution in [-0.4, -0.2) is 34.3 Å². The van der Waals surface area contributed by atoms with Crippen molar-refractivity contribution in [3.63, 3.8) is 0 Å². The smallest absolute Gasteiger partial charge is 0.237 e. The molecule has 0 aliphatic carbocycles. The van der Waals surface area contributed by atoms with Crippen LogP contribution in [-0.2, 0) is 6.54 Å². The fourth-order valence-electron chi connectivity index (χ4n) is 3.08. The predicted octanol–water partition coefficient (Wildman–Crippen LogP) is 1.78. The molecule has 3 N–H and O–H groups in total. The van der Waals surface area contributed by atoms with Crippen LogP contribution in [0.5, 0.6) is 5.75 Å². The number of ether oxygens (including phenoxy) is 1. The molecule has 4 rings (SSSR count). The molecular formula is C20H20N5O2+. The second-order valence-corrected chi connectivity index (χ2v) is 6.07. The maximum absolute atomic E-state index is 9.09. The zero-order valence-electron chi connectivity index (χ0n) is 14.9. The lowest BCUT2D eigenvalue weighted by molar-refractivity contribution is -0.577. The molecule has 136 valence electrons. The Hall–Kier alpha value is -3.45. The number of benzene rings is 1. The van der Waals surface area contributed by atoms with Gasteiger partial charge < -0.3 is 15.6 Å². The Balaban J connectivity index is 1.78. The summed E-state index contributed by atoms with van der Waals surface area (Å²) in [6.45, 7) is 0.317. The number of nitrogens with two attached hydrogens (primary N) is 1. The lowest BCUT2D eigenvalue weighted by atomic mass is 10.1. The van der Waals surface area contributed by atoms with Gasteiger partial charge in [0.05, 0.1) is 26.5 Å². The van der Waals surface area contributed by atoms with Gasteiger partial charge in [0.2, 0.25) is 11.4 Å². The Morgan fingerprint density at radius 2 is 2.04 bits per heavy atom. The highest BCUT2D eigenvalue weighted by Crippen LogP contribution is 2.26. The number of hydrogen-bond acceptors (Lipinski definition) is 5. The van der Waals surface area contributed by atoms with Gasteiger partial charge in [-0.2, -0.15) is 9.67 Å². The molecular weight excluding hydrogens is 342 g/mol. The fourth-order valence-corrected chi connectivity index (χ4v) is 3.08. The van der Waals surface area contributed by atoms with Crippen molar-refractivity contribution in [1.82, 2.24) is 9.78 Å². The molecule has 0 saturated carbocycles. The summed E-state index contributed by atoms with van der Waals surface area (Å²) in [4.78, 5) is 4.72. The molecule has 1 aliphatic heterocycles. The van der Waals surface area contributed by atoms with Gasteiger partial charge in [0.25, 0.3) is 0 Å². The van der Waals surface area contributed by atoms with Gasteiger partial charge in [0.1, 0.15) is 23.0 Å². The summed E-state index contributed by atoms with van der Waals surface area (Å²) in [6.07, 6.45) is 5.65. The fraction of sp³-hybridized carbons (Fsp3) is 0.150. The van der Waals surface area contributed by atoms with Crippen molar-refractivity contribution < 1.29 is 14.4 Å². The number of nitrogen functional groups attached to an aromatic ring is 1. The van der Waals surface area contributed by atoms with E-state index in [9.17, 15) is 0 Å². The molecule has 1 aromatic carbocycles. The third kappa shape index (κ3) is 3.09. The van der Waals surface area contributed by atoms with E-state index in [4.69, 9.17) is 20.6 Å². The van der Waals surface area contributed by atoms with E-state index in [0.717, 1.165) is 28.4 Å². The number of rotatable bonds is 5. The van der Waals surface area contributed by atoms with Crippen LogP contribution < -0.4 is 15.0 Å². The summed E-state index contributed by atoms with van der Waals surface area (Å²) in [7, 11) is 1.65. The minimum Gasteiger partial charge on any atom is -0.497 e. The number of aliphatic imine (C=N–C) groups is 1. The Kier molecular flexibility index (Phi) is 4.43. The molecule has 2 aromatic heterocycles. The van der Waals surface area contributed by atoms with Crippen LogP contribution in [0.3, 0.4) is 0 Å². The zero-order chi connectivity index (χ0) is 18.8. The van der Waals surface area contributed by atoms with E-state index in [2.05, 4.69) is 9.67 Å². The van der Waals surface area contributed by atoms with Gasteiger partial charge in [-0.3, -0.25) is 0 Å². The van der Waals surface area contributed by atoms with Crippen LogP contribution in [0.1, 0.15) is 11.3 Å². The highest BCUT2D eigenvalue weighted by Gasteiger charge is 2.29. The standard InChI is InChI=1S/C20H19N5O2/c1-27-15-7-5-14(6-8-15)19-12-16(18-4-2-3-9-24(18)19)23-17-13-22-25(10-11-26)20(17)21/h2-9,12-13,21,26H,10-11H2,1H3/p+1. The Bertz CT molecular complexity index is 1030. The van der Waals surface area contributed by atoms with Crippen LogP contribution >= 0.6 is 0 Å². The van der Waals surface area contributed by atoms with Crippen molar-refractivity contribution in [3.05, 3.63) is 72.2 Å². The first-order chi connectivity index (χ1) is 13.2. The van der Waals surface area contributed by atoms with E-state index in [1.807, 2.05) is 54.7 Å². The quantitative estimate of drug-likeness (QED) is 0.677. The second-order valence-electron chi connectivity index (χ2n) is 6.07. The summed E-state index contributed by atoms with van der Waals surface area (Å²) in [5.41, 5.74) is 10.5. The number of allylic oxidation sites excluding steroid dienone is 1. The number of methoxy groups -OCH3 is 1. The first-order valence-electron chi connectivity index (χ1n) is 8.59. The molecule has 0 amide bonds. The third-order valence-electron chi connectivity index (χ3n) is 4.45. The van der Waals surface area contributed by atoms with E-state index in [1.54, 1.807) is 18.0 Å². The van der Waals surface area contributed by atoms with Crippen molar-refractivity contribution >= 4 is 22.9 Å². The molecule has 0 bridgehead atoms. The van der Waals surface area contributed by atoms with Gasteiger partial charge in [0, 0.05) is 23.8 Å². The summed E-state index contributed by atoms with van der Waals surface area (Å²) < 4.78 is 8.88. The number of aliphatic hydroxyl groups is 1. The molecule has 0 atom stereocenters. The molecule has 0 fully saturated rings. The predicted molar refractivity (Wildman–Crippen MR) is 103 cm³/mol. The third-order valence-corrected chi connectivity index (χ3v) is 4.45. The van der Waals surface area contributed by atoms with Crippen molar-refractivity contribution in [2.45, 2.75) is 6.54 Å². The minimum absolute atomic E-state index is 0.0257. The maximum Gasteiger partial charge on any atom is 0.237 e. The Labute approximate surface area is 156 Å². The summed E-state index contributed by atoms with van der Waals surface area (Å²) in [6, 6.07) is 13.9. The summed E-state index contributed by atoms with van der Waals surface area (Å²) in [5.74, 6) is 1.25. The number of aromatic nitrogens is 3. The number of nitrogens with zero attached hydrogens (tertiary/aromatic N) is 4. The first-order valence-corrected chi connectivity index (χ1v) is 8.59. The molecule has 7 nitrogen and oxygen atoms in total. The van der Waals surface area contributed by atoms with Gasteiger partial charge >= 0.3 is 0 Å². The van der Waals surface area contributed by atoms with E-state index in [1.165, 1.54) is 0 Å². The average Bonchev–Trinajstić information content (AvgIpc) is 3.24. The summed E-state index contributed by atoms with van der Waals surface area (Å²) >= 11 is 0. The maximum atomic E-state index is 9.09. The molecule has 1 aliphatic rings. The van der Waals surface area contributed by atoms with Crippen molar-refractivity contribution in [2.24, 2.45) is 4.99 Å². The molecule has 3 aromatic rings. The van der Waals surface area contributed by atoms with Crippen LogP contribution in [0.2, 0.25) is 0 Å². The van der Waals surface area contributed by atoms with E-state index < -0.39 is 0 Å². The van der Waals surface area contributed by atoms with Crippen LogP contribution in [0.15, 0.2) is 65.9 Å². The molecule has 3 heterocycles. The number of pyridine rings is 1. The molecule has 7 heteroatoms. The Morgan fingerprint density at radius 3 is 2.78 bits per heavy atom.